The molecule has 3 nitrogen and oxygen atoms in total. The van der Waals surface area contributed by atoms with Crippen LogP contribution in [0.15, 0.2) is 24.8 Å². The largest absolute Gasteiger partial charge is 0.377 e. The summed E-state index contributed by atoms with van der Waals surface area (Å²) in [6.45, 7) is 10.3. The summed E-state index contributed by atoms with van der Waals surface area (Å²) < 4.78 is 11.7. The fourth-order valence-corrected chi connectivity index (χ4v) is 4.50. The van der Waals surface area contributed by atoms with Crippen LogP contribution in [0.3, 0.4) is 0 Å². The van der Waals surface area contributed by atoms with Gasteiger partial charge in [-0.3, -0.25) is 4.90 Å². The van der Waals surface area contributed by atoms with E-state index in [4.69, 9.17) is 9.47 Å². The van der Waals surface area contributed by atoms with E-state index in [0.29, 0.717) is 24.7 Å². The second-order valence-electron chi connectivity index (χ2n) is 6.05. The molecule has 2 fully saturated rings. The molecule has 0 spiro atoms. The summed E-state index contributed by atoms with van der Waals surface area (Å²) in [7, 11) is 0. The molecule has 1 saturated carbocycles. The molecule has 1 aliphatic heterocycles. The molecule has 3 atom stereocenters. The number of aryl methyl sites for hydroxylation is 1. The molecule has 0 amide bonds. The molecule has 0 unspecified atom stereocenters. The highest BCUT2D eigenvalue weighted by atomic mass is 32.1. The van der Waals surface area contributed by atoms with Crippen molar-refractivity contribution in [1.29, 1.82) is 0 Å². The Labute approximate surface area is 131 Å². The molecular weight excluding hydrogens is 282 g/mol. The standard InChI is InChI=1S/C17H25NO2S/c1-3-9-19-12-14-5-7-16-17(14)20-10-8-18(16)11-15-6-4-13(2)21-15/h3-4,6,14,16-17H,1,5,7-12H2,2H3/t14-,16+,17+/m0/s1. The molecule has 0 aromatic carbocycles. The summed E-state index contributed by atoms with van der Waals surface area (Å²) in [5.74, 6) is 0.544. The maximum Gasteiger partial charge on any atom is 0.0781 e. The number of hydrogen-bond acceptors (Lipinski definition) is 4. The van der Waals surface area contributed by atoms with Gasteiger partial charge in [-0.25, -0.2) is 0 Å². The minimum atomic E-state index is 0.352. The number of thiophene rings is 1. The zero-order valence-corrected chi connectivity index (χ0v) is 13.6. The Kier molecular flexibility index (Phi) is 5.11. The van der Waals surface area contributed by atoms with Crippen molar-refractivity contribution in [3.63, 3.8) is 0 Å². The second-order valence-corrected chi connectivity index (χ2v) is 7.42. The topological polar surface area (TPSA) is 21.7 Å². The van der Waals surface area contributed by atoms with Crippen molar-refractivity contribution in [2.24, 2.45) is 5.92 Å². The lowest BCUT2D eigenvalue weighted by Gasteiger charge is -2.39. The van der Waals surface area contributed by atoms with Gasteiger partial charge in [0.2, 0.25) is 0 Å². The summed E-state index contributed by atoms with van der Waals surface area (Å²) in [6.07, 6.45) is 4.62. The Bertz CT molecular complexity index is 473. The van der Waals surface area contributed by atoms with Crippen LogP contribution < -0.4 is 0 Å². The summed E-state index contributed by atoms with van der Waals surface area (Å²) in [5, 5.41) is 0. The lowest BCUT2D eigenvalue weighted by molar-refractivity contribution is -0.0866. The lowest BCUT2D eigenvalue weighted by Crippen LogP contribution is -2.50. The highest BCUT2D eigenvalue weighted by molar-refractivity contribution is 7.11. The summed E-state index contributed by atoms with van der Waals surface area (Å²) in [5.41, 5.74) is 0. The van der Waals surface area contributed by atoms with Gasteiger partial charge in [-0.15, -0.1) is 17.9 Å². The molecule has 116 valence electrons. The Hall–Kier alpha value is -0.680. The van der Waals surface area contributed by atoms with Crippen molar-refractivity contribution in [2.45, 2.75) is 38.5 Å². The molecule has 2 aliphatic rings. The first kappa shape index (κ1) is 15.2. The maximum absolute atomic E-state index is 6.07. The SMILES string of the molecule is C=CCOC[C@@H]1CC[C@@H]2[C@@H]1OCCN2Cc1ccc(C)s1. The van der Waals surface area contributed by atoms with E-state index >= 15 is 0 Å². The van der Waals surface area contributed by atoms with Gasteiger partial charge in [-0.1, -0.05) is 6.08 Å². The van der Waals surface area contributed by atoms with E-state index in [0.717, 1.165) is 26.3 Å². The van der Waals surface area contributed by atoms with Gasteiger partial charge < -0.3 is 9.47 Å². The third-order valence-corrected chi connectivity index (χ3v) is 5.54. The van der Waals surface area contributed by atoms with E-state index in [1.807, 2.05) is 17.4 Å². The van der Waals surface area contributed by atoms with Crippen molar-refractivity contribution in [2.75, 3.05) is 26.4 Å². The van der Waals surface area contributed by atoms with Gasteiger partial charge in [0.05, 0.1) is 25.9 Å². The smallest absolute Gasteiger partial charge is 0.0781 e. The molecule has 1 aliphatic carbocycles. The molecule has 0 bridgehead atoms. The molecule has 0 N–H and O–H groups in total. The zero-order valence-electron chi connectivity index (χ0n) is 12.8. The third-order valence-electron chi connectivity index (χ3n) is 4.56. The van der Waals surface area contributed by atoms with Crippen LogP contribution in [-0.4, -0.2) is 43.4 Å². The molecule has 2 heterocycles. The average Bonchev–Trinajstić information content (AvgIpc) is 3.07. The number of fused-ring (bicyclic) bond motifs is 1. The van der Waals surface area contributed by atoms with Gasteiger partial charge in [0, 0.05) is 34.8 Å². The summed E-state index contributed by atoms with van der Waals surface area (Å²) >= 11 is 1.91. The number of morpholine rings is 1. The summed E-state index contributed by atoms with van der Waals surface area (Å²) in [4.78, 5) is 5.49. The molecular formula is C17H25NO2S. The molecule has 0 radical (unpaired) electrons. The third kappa shape index (κ3) is 3.57. The van der Waals surface area contributed by atoms with Gasteiger partial charge in [0.25, 0.3) is 0 Å². The average molecular weight is 307 g/mol. The van der Waals surface area contributed by atoms with Gasteiger partial charge in [-0.2, -0.15) is 0 Å². The summed E-state index contributed by atoms with van der Waals surface area (Å²) in [6, 6.07) is 5.06. The molecule has 21 heavy (non-hydrogen) atoms. The van der Waals surface area contributed by atoms with Gasteiger partial charge in [0.1, 0.15) is 0 Å². The highest BCUT2D eigenvalue weighted by Gasteiger charge is 2.42. The van der Waals surface area contributed by atoms with Gasteiger partial charge >= 0.3 is 0 Å². The van der Waals surface area contributed by atoms with Crippen molar-refractivity contribution in [3.05, 3.63) is 34.5 Å². The predicted molar refractivity (Wildman–Crippen MR) is 86.7 cm³/mol. The van der Waals surface area contributed by atoms with Crippen molar-refractivity contribution < 1.29 is 9.47 Å². The van der Waals surface area contributed by atoms with Crippen LogP contribution in [-0.2, 0) is 16.0 Å². The fraction of sp³-hybridized carbons (Fsp3) is 0.647. The van der Waals surface area contributed by atoms with Crippen LogP contribution in [0.1, 0.15) is 22.6 Å². The van der Waals surface area contributed by atoms with Crippen LogP contribution in [0.5, 0.6) is 0 Å². The maximum atomic E-state index is 6.07. The number of rotatable bonds is 6. The van der Waals surface area contributed by atoms with Crippen LogP contribution in [0, 0.1) is 12.8 Å². The Morgan fingerprint density at radius 1 is 1.48 bits per heavy atom. The minimum absolute atomic E-state index is 0.352. The van der Waals surface area contributed by atoms with Crippen LogP contribution >= 0.6 is 11.3 Å². The van der Waals surface area contributed by atoms with Crippen molar-refractivity contribution >= 4 is 11.3 Å². The Balaban J connectivity index is 1.59. The van der Waals surface area contributed by atoms with E-state index in [2.05, 4.69) is 30.5 Å². The first-order chi connectivity index (χ1) is 10.3. The van der Waals surface area contributed by atoms with E-state index in [9.17, 15) is 0 Å². The van der Waals surface area contributed by atoms with E-state index in [-0.39, 0.29) is 0 Å². The minimum Gasteiger partial charge on any atom is -0.377 e. The molecule has 4 heteroatoms. The number of nitrogens with zero attached hydrogens (tertiary/aromatic N) is 1. The Morgan fingerprint density at radius 3 is 3.14 bits per heavy atom. The molecule has 1 saturated heterocycles. The van der Waals surface area contributed by atoms with Gasteiger partial charge in [-0.05, 0) is 31.9 Å². The zero-order chi connectivity index (χ0) is 14.7. The van der Waals surface area contributed by atoms with Crippen LogP contribution in [0.2, 0.25) is 0 Å². The number of hydrogen-bond donors (Lipinski definition) is 0. The van der Waals surface area contributed by atoms with E-state index in [1.165, 1.54) is 22.6 Å². The normalized spacial score (nSPS) is 29.5. The van der Waals surface area contributed by atoms with Crippen molar-refractivity contribution in [1.82, 2.24) is 4.90 Å². The van der Waals surface area contributed by atoms with E-state index in [1.54, 1.807) is 0 Å². The first-order valence-electron chi connectivity index (χ1n) is 7.87. The predicted octanol–water partition coefficient (Wildman–Crippen LogP) is 3.24. The molecule has 1 aromatic heterocycles. The molecule has 3 rings (SSSR count). The van der Waals surface area contributed by atoms with Gasteiger partial charge in [0.15, 0.2) is 0 Å². The Morgan fingerprint density at radius 2 is 2.38 bits per heavy atom. The quantitative estimate of drug-likeness (QED) is 0.595. The van der Waals surface area contributed by atoms with Crippen LogP contribution in [0.25, 0.3) is 0 Å². The first-order valence-corrected chi connectivity index (χ1v) is 8.69. The van der Waals surface area contributed by atoms with E-state index < -0.39 is 0 Å². The fourth-order valence-electron chi connectivity index (χ4n) is 3.58. The lowest BCUT2D eigenvalue weighted by atomic mass is 10.0. The second kappa shape index (κ2) is 7.05. The monoisotopic (exact) mass is 307 g/mol. The van der Waals surface area contributed by atoms with Crippen molar-refractivity contribution in [3.8, 4) is 0 Å². The van der Waals surface area contributed by atoms with Crippen LogP contribution in [0.4, 0.5) is 0 Å². The highest BCUT2D eigenvalue weighted by Crippen LogP contribution is 2.36. The number of ether oxygens (including phenoxy) is 2. The molecule has 1 aromatic rings.